The van der Waals surface area contributed by atoms with Crippen LogP contribution in [0.4, 0.5) is 10.5 Å². The van der Waals surface area contributed by atoms with Gasteiger partial charge in [0, 0.05) is 24.5 Å². The number of para-hydroxylation sites is 1. The molecular weight excluding hydrogens is 376 g/mol. The Balaban J connectivity index is 1.50. The molecule has 0 spiro atoms. The predicted molar refractivity (Wildman–Crippen MR) is 120 cm³/mol. The number of allylic oxidation sites excluding steroid dienone is 2. The molecule has 1 heterocycles. The number of nitrogens with zero attached hydrogens (tertiary/aromatic N) is 2. The van der Waals surface area contributed by atoms with Gasteiger partial charge < -0.3 is 15.0 Å². The van der Waals surface area contributed by atoms with E-state index in [2.05, 4.69) is 51.1 Å². The summed E-state index contributed by atoms with van der Waals surface area (Å²) in [6.45, 7) is 3.18. The van der Waals surface area contributed by atoms with Crippen molar-refractivity contribution < 1.29 is 9.53 Å². The van der Waals surface area contributed by atoms with E-state index in [4.69, 9.17) is 4.74 Å². The Kier molecular flexibility index (Phi) is 6.57. The number of morpholine rings is 1. The largest absolute Gasteiger partial charge is 0.378 e. The van der Waals surface area contributed by atoms with Crippen LogP contribution < -0.4 is 10.7 Å². The van der Waals surface area contributed by atoms with Crippen LogP contribution in [-0.2, 0) is 4.74 Å². The van der Waals surface area contributed by atoms with Crippen LogP contribution in [-0.4, -0.2) is 43.4 Å². The summed E-state index contributed by atoms with van der Waals surface area (Å²) in [7, 11) is 0. The Labute approximate surface area is 176 Å². The van der Waals surface area contributed by atoms with Crippen molar-refractivity contribution >= 4 is 24.0 Å². The fourth-order valence-electron chi connectivity index (χ4n) is 3.77. The van der Waals surface area contributed by atoms with E-state index in [1.165, 1.54) is 16.8 Å². The molecule has 6 nitrogen and oxygen atoms in total. The topological polar surface area (TPSA) is 66.0 Å². The third kappa shape index (κ3) is 5.15. The number of urea groups is 1. The van der Waals surface area contributed by atoms with Crippen LogP contribution in [0.25, 0.3) is 6.08 Å². The van der Waals surface area contributed by atoms with Gasteiger partial charge in [0.2, 0.25) is 0 Å². The van der Waals surface area contributed by atoms with E-state index in [0.29, 0.717) is 0 Å². The molecule has 2 aromatic carbocycles. The fourth-order valence-corrected chi connectivity index (χ4v) is 3.77. The standard InChI is InChI=1S/C24H26N4O2/c29-24(26-22-9-5-2-6-10-22)27-25-18-21-12-11-20(17-19-7-3-1-4-8-19)23(21)28-13-15-30-16-14-28/h1-10,17-18H,11-16H2,(H2,26,27,29)/b20-17-,25-18-. The number of rotatable bonds is 5. The summed E-state index contributed by atoms with van der Waals surface area (Å²) in [5, 5.41) is 6.97. The highest BCUT2D eigenvalue weighted by molar-refractivity contribution is 5.90. The van der Waals surface area contributed by atoms with E-state index < -0.39 is 0 Å². The summed E-state index contributed by atoms with van der Waals surface area (Å²) in [6.07, 6.45) is 5.89. The molecule has 1 aliphatic carbocycles. The Morgan fingerprint density at radius 1 is 0.967 bits per heavy atom. The number of hydrogen-bond donors (Lipinski definition) is 2. The van der Waals surface area contributed by atoms with E-state index in [0.717, 1.165) is 50.4 Å². The second kappa shape index (κ2) is 9.89. The summed E-state index contributed by atoms with van der Waals surface area (Å²) >= 11 is 0. The monoisotopic (exact) mass is 402 g/mol. The first kappa shape index (κ1) is 19.9. The summed E-state index contributed by atoms with van der Waals surface area (Å²) in [5.74, 6) is 0. The van der Waals surface area contributed by atoms with Gasteiger partial charge in [-0.05, 0) is 47.8 Å². The van der Waals surface area contributed by atoms with Crippen molar-refractivity contribution in [1.29, 1.82) is 0 Å². The van der Waals surface area contributed by atoms with Crippen LogP contribution >= 0.6 is 0 Å². The smallest absolute Gasteiger partial charge is 0.339 e. The van der Waals surface area contributed by atoms with Crippen LogP contribution in [0.15, 0.2) is 82.6 Å². The van der Waals surface area contributed by atoms with Crippen LogP contribution in [0.2, 0.25) is 0 Å². The van der Waals surface area contributed by atoms with Crippen molar-refractivity contribution in [2.75, 3.05) is 31.6 Å². The lowest BCUT2D eigenvalue weighted by molar-refractivity contribution is 0.0548. The molecule has 2 N–H and O–H groups in total. The SMILES string of the molecule is O=C(N/N=C\C1=C(N2CCOCC2)C(=C\c2ccccc2)/CC1)Nc1ccccc1. The Hall–Kier alpha value is -3.38. The molecule has 0 aromatic heterocycles. The molecule has 6 heteroatoms. The molecule has 2 aliphatic rings. The third-order valence-corrected chi connectivity index (χ3v) is 5.16. The second-order valence-electron chi connectivity index (χ2n) is 7.24. The lowest BCUT2D eigenvalue weighted by atomic mass is 10.1. The van der Waals surface area contributed by atoms with E-state index in [-0.39, 0.29) is 6.03 Å². The van der Waals surface area contributed by atoms with Gasteiger partial charge in [-0.2, -0.15) is 5.10 Å². The number of ether oxygens (including phenoxy) is 1. The number of amides is 2. The predicted octanol–water partition coefficient (Wildman–Crippen LogP) is 4.26. The highest BCUT2D eigenvalue weighted by atomic mass is 16.5. The molecule has 0 bridgehead atoms. The Morgan fingerprint density at radius 3 is 2.40 bits per heavy atom. The van der Waals surface area contributed by atoms with Crippen LogP contribution in [0.1, 0.15) is 18.4 Å². The zero-order valence-electron chi connectivity index (χ0n) is 16.9. The fraction of sp³-hybridized carbons (Fsp3) is 0.250. The number of anilines is 1. The average Bonchev–Trinajstić information content (AvgIpc) is 3.18. The molecular formula is C24H26N4O2. The van der Waals surface area contributed by atoms with E-state index in [1.54, 1.807) is 6.21 Å². The summed E-state index contributed by atoms with van der Waals surface area (Å²) < 4.78 is 5.53. The zero-order valence-corrected chi connectivity index (χ0v) is 16.9. The van der Waals surface area contributed by atoms with Crippen molar-refractivity contribution in [2.45, 2.75) is 12.8 Å². The molecule has 1 saturated heterocycles. The molecule has 154 valence electrons. The summed E-state index contributed by atoms with van der Waals surface area (Å²) in [5.41, 5.74) is 8.15. The molecule has 2 aromatic rings. The maximum Gasteiger partial charge on any atom is 0.339 e. The highest BCUT2D eigenvalue weighted by Gasteiger charge is 2.25. The van der Waals surface area contributed by atoms with Crippen LogP contribution in [0.5, 0.6) is 0 Å². The quantitative estimate of drug-likeness (QED) is 0.580. The molecule has 0 atom stereocenters. The first-order chi connectivity index (χ1) is 14.8. The maximum atomic E-state index is 12.1. The minimum Gasteiger partial charge on any atom is -0.378 e. The Bertz CT molecular complexity index is 946. The molecule has 2 amide bonds. The van der Waals surface area contributed by atoms with Gasteiger partial charge in [0.1, 0.15) is 0 Å². The van der Waals surface area contributed by atoms with Gasteiger partial charge >= 0.3 is 6.03 Å². The first-order valence-electron chi connectivity index (χ1n) is 10.3. The van der Waals surface area contributed by atoms with Gasteiger partial charge in [0.05, 0.1) is 19.4 Å². The van der Waals surface area contributed by atoms with E-state index in [1.807, 2.05) is 36.4 Å². The average molecular weight is 402 g/mol. The van der Waals surface area contributed by atoms with Crippen molar-refractivity contribution in [3.05, 3.63) is 83.1 Å². The van der Waals surface area contributed by atoms with Gasteiger partial charge in [-0.3, -0.25) is 0 Å². The van der Waals surface area contributed by atoms with Crippen LogP contribution in [0, 0.1) is 0 Å². The molecule has 4 rings (SSSR count). The number of carbonyl (C=O) groups is 1. The number of hydrazone groups is 1. The van der Waals surface area contributed by atoms with Gasteiger partial charge in [0.25, 0.3) is 0 Å². The van der Waals surface area contributed by atoms with Crippen LogP contribution in [0.3, 0.4) is 0 Å². The minimum atomic E-state index is -0.357. The molecule has 0 unspecified atom stereocenters. The number of hydrogen-bond acceptors (Lipinski definition) is 4. The first-order valence-corrected chi connectivity index (χ1v) is 10.3. The molecule has 0 radical (unpaired) electrons. The van der Waals surface area contributed by atoms with Crippen molar-refractivity contribution in [1.82, 2.24) is 10.3 Å². The van der Waals surface area contributed by atoms with E-state index >= 15 is 0 Å². The highest BCUT2D eigenvalue weighted by Crippen LogP contribution is 2.34. The second-order valence-corrected chi connectivity index (χ2v) is 7.24. The van der Waals surface area contributed by atoms with Gasteiger partial charge in [-0.15, -0.1) is 0 Å². The maximum absolute atomic E-state index is 12.1. The van der Waals surface area contributed by atoms with Crippen molar-refractivity contribution in [3.63, 3.8) is 0 Å². The molecule has 30 heavy (non-hydrogen) atoms. The number of benzene rings is 2. The lowest BCUT2D eigenvalue weighted by Gasteiger charge is -2.31. The van der Waals surface area contributed by atoms with E-state index in [9.17, 15) is 4.79 Å². The lowest BCUT2D eigenvalue weighted by Crippen LogP contribution is -2.36. The third-order valence-electron chi connectivity index (χ3n) is 5.16. The number of nitrogens with one attached hydrogen (secondary N) is 2. The normalized spacial score (nSPS) is 18.3. The van der Waals surface area contributed by atoms with Gasteiger partial charge in [0.15, 0.2) is 0 Å². The summed E-state index contributed by atoms with van der Waals surface area (Å²) in [6, 6.07) is 19.3. The molecule has 0 saturated carbocycles. The number of carbonyl (C=O) groups excluding carboxylic acids is 1. The summed E-state index contributed by atoms with van der Waals surface area (Å²) in [4.78, 5) is 14.5. The Morgan fingerprint density at radius 2 is 1.67 bits per heavy atom. The molecule has 1 aliphatic heterocycles. The zero-order chi connectivity index (χ0) is 20.6. The minimum absolute atomic E-state index is 0.357. The van der Waals surface area contributed by atoms with Crippen molar-refractivity contribution in [2.24, 2.45) is 5.10 Å². The van der Waals surface area contributed by atoms with Crippen molar-refractivity contribution in [3.8, 4) is 0 Å². The van der Waals surface area contributed by atoms with Gasteiger partial charge in [-0.1, -0.05) is 48.5 Å². The molecule has 1 fully saturated rings. The van der Waals surface area contributed by atoms with Gasteiger partial charge in [-0.25, -0.2) is 10.2 Å².